The molecule has 0 aliphatic heterocycles. The lowest BCUT2D eigenvalue weighted by Gasteiger charge is -2.14. The highest BCUT2D eigenvalue weighted by Gasteiger charge is 2.22. The van der Waals surface area contributed by atoms with Crippen LogP contribution in [0.5, 0.6) is 5.88 Å². The Hall–Kier alpha value is -3.77. The molecule has 0 fully saturated rings. The number of pyridine rings is 1. The van der Waals surface area contributed by atoms with E-state index in [0.29, 0.717) is 24.1 Å². The molecule has 0 amide bonds. The van der Waals surface area contributed by atoms with Crippen LogP contribution >= 0.6 is 0 Å². The van der Waals surface area contributed by atoms with Crippen LogP contribution in [0.15, 0.2) is 53.6 Å². The van der Waals surface area contributed by atoms with Crippen LogP contribution in [0.3, 0.4) is 0 Å². The highest BCUT2D eigenvalue weighted by Crippen LogP contribution is 2.32. The van der Waals surface area contributed by atoms with Crippen LogP contribution < -0.4 is 15.2 Å². The first-order valence-corrected chi connectivity index (χ1v) is 12.0. The number of hydrogen-bond donors (Lipinski definition) is 2. The number of fused-ring (bicyclic) bond motifs is 1. The fourth-order valence-corrected chi connectivity index (χ4v) is 4.70. The van der Waals surface area contributed by atoms with Crippen LogP contribution in [-0.2, 0) is 16.6 Å². The molecule has 0 bridgehead atoms. The lowest BCUT2D eigenvalue weighted by Crippen LogP contribution is -2.19. The van der Waals surface area contributed by atoms with Gasteiger partial charge in [-0.1, -0.05) is 6.07 Å². The van der Waals surface area contributed by atoms with Crippen molar-refractivity contribution in [2.45, 2.75) is 11.4 Å². The van der Waals surface area contributed by atoms with Crippen molar-refractivity contribution in [3.8, 4) is 17.0 Å². The normalized spacial score (nSPS) is 11.8. The first-order chi connectivity index (χ1) is 16.6. The van der Waals surface area contributed by atoms with Gasteiger partial charge in [0.2, 0.25) is 11.8 Å². The van der Waals surface area contributed by atoms with E-state index in [0.717, 1.165) is 35.3 Å². The summed E-state index contributed by atoms with van der Waals surface area (Å²) in [6.07, 6.45) is 1.53. The zero-order valence-corrected chi connectivity index (χ0v) is 20.1. The number of ether oxygens (including phenoxy) is 1. The molecule has 2 heterocycles. The molecule has 9 nitrogen and oxygen atoms in total. The number of methoxy groups -OCH3 is 1. The minimum Gasteiger partial charge on any atom is -0.480 e. The van der Waals surface area contributed by atoms with E-state index in [1.165, 1.54) is 19.4 Å². The molecule has 4 aromatic rings. The number of nitrogens with two attached hydrogens (primary N) is 1. The largest absolute Gasteiger partial charge is 0.480 e. The van der Waals surface area contributed by atoms with E-state index in [4.69, 9.17) is 10.5 Å². The van der Waals surface area contributed by atoms with Crippen LogP contribution in [0.4, 0.5) is 20.4 Å². The van der Waals surface area contributed by atoms with Gasteiger partial charge < -0.3 is 19.9 Å². The number of nitrogens with zero attached hydrogens (tertiary/aromatic N) is 4. The van der Waals surface area contributed by atoms with E-state index in [2.05, 4.69) is 14.7 Å². The maximum absolute atomic E-state index is 14.1. The van der Waals surface area contributed by atoms with Crippen molar-refractivity contribution in [2.24, 2.45) is 0 Å². The van der Waals surface area contributed by atoms with E-state index >= 15 is 0 Å². The van der Waals surface area contributed by atoms with Gasteiger partial charge in [0.25, 0.3) is 10.0 Å². The Balaban J connectivity index is 1.74. The average molecular weight is 503 g/mol. The first-order valence-electron chi connectivity index (χ1n) is 10.5. The standard InChI is InChI=1S/C23H24F2N6O3S/c1-30(2)8-9-31-20-11-14(4-6-18(20)28-23(31)26)15-10-19(22(34-3)27-13-15)29-35(32,33)21-7-5-16(24)12-17(21)25/h4-7,10-13,29H,8-9H2,1-3H3,(H2,26,28). The van der Waals surface area contributed by atoms with Gasteiger partial charge in [-0.15, -0.1) is 0 Å². The van der Waals surface area contributed by atoms with E-state index in [1.54, 1.807) is 0 Å². The summed E-state index contributed by atoms with van der Waals surface area (Å²) in [5, 5.41) is 0. The molecule has 0 aliphatic rings. The maximum atomic E-state index is 14.1. The first kappa shape index (κ1) is 24.4. The van der Waals surface area contributed by atoms with Crippen molar-refractivity contribution < 1.29 is 21.9 Å². The number of rotatable bonds is 8. The Morgan fingerprint density at radius 2 is 1.89 bits per heavy atom. The highest BCUT2D eigenvalue weighted by molar-refractivity contribution is 7.92. The number of nitrogens with one attached hydrogen (secondary N) is 1. The van der Waals surface area contributed by atoms with Crippen molar-refractivity contribution in [1.29, 1.82) is 0 Å². The molecular formula is C23H24F2N6O3S. The Labute approximate surface area is 201 Å². The summed E-state index contributed by atoms with van der Waals surface area (Å²) in [6.45, 7) is 1.39. The number of aromatic nitrogens is 3. The molecule has 0 aliphatic carbocycles. The SMILES string of the molecule is COc1ncc(-c2ccc3nc(N)n(CCN(C)C)c3c2)cc1NS(=O)(=O)c1ccc(F)cc1F. The third-order valence-electron chi connectivity index (χ3n) is 5.35. The van der Waals surface area contributed by atoms with E-state index in [-0.39, 0.29) is 11.6 Å². The van der Waals surface area contributed by atoms with E-state index in [9.17, 15) is 17.2 Å². The van der Waals surface area contributed by atoms with Crippen molar-refractivity contribution in [3.63, 3.8) is 0 Å². The number of likely N-dealkylation sites (N-methyl/N-ethyl adjacent to an activating group) is 1. The molecule has 2 aromatic carbocycles. The summed E-state index contributed by atoms with van der Waals surface area (Å²) in [6, 6.07) is 9.25. The van der Waals surface area contributed by atoms with Gasteiger partial charge >= 0.3 is 0 Å². The van der Waals surface area contributed by atoms with Gasteiger partial charge in [-0.05, 0) is 50.0 Å². The molecule has 0 saturated heterocycles. The monoisotopic (exact) mass is 502 g/mol. The Morgan fingerprint density at radius 3 is 2.57 bits per heavy atom. The smallest absolute Gasteiger partial charge is 0.264 e. The van der Waals surface area contributed by atoms with Gasteiger partial charge in [0.05, 0.1) is 18.1 Å². The van der Waals surface area contributed by atoms with E-state index in [1.807, 2.05) is 41.8 Å². The molecule has 2 aromatic heterocycles. The van der Waals surface area contributed by atoms with Crippen LogP contribution in [0.1, 0.15) is 0 Å². The van der Waals surface area contributed by atoms with Crippen molar-refractivity contribution in [3.05, 3.63) is 60.3 Å². The predicted octanol–water partition coefficient (Wildman–Crippen LogP) is 3.33. The van der Waals surface area contributed by atoms with Gasteiger partial charge in [0.1, 0.15) is 22.2 Å². The Kier molecular flexibility index (Phi) is 6.59. The molecule has 0 unspecified atom stereocenters. The molecule has 0 saturated carbocycles. The van der Waals surface area contributed by atoms with Crippen LogP contribution in [0, 0.1) is 11.6 Å². The second kappa shape index (κ2) is 9.47. The van der Waals surface area contributed by atoms with Gasteiger partial charge in [0, 0.05) is 30.9 Å². The summed E-state index contributed by atoms with van der Waals surface area (Å²) in [5.41, 5.74) is 8.94. The van der Waals surface area contributed by atoms with Gasteiger partial charge in [0.15, 0.2) is 0 Å². The second-order valence-electron chi connectivity index (χ2n) is 8.09. The lowest BCUT2D eigenvalue weighted by molar-refractivity contribution is 0.387. The maximum Gasteiger partial charge on any atom is 0.264 e. The molecule has 35 heavy (non-hydrogen) atoms. The predicted molar refractivity (Wildman–Crippen MR) is 130 cm³/mol. The van der Waals surface area contributed by atoms with Crippen LogP contribution in [0.2, 0.25) is 0 Å². The number of hydrogen-bond acceptors (Lipinski definition) is 7. The Morgan fingerprint density at radius 1 is 1.11 bits per heavy atom. The second-order valence-corrected chi connectivity index (χ2v) is 9.74. The number of nitrogen functional groups attached to an aromatic ring is 1. The quantitative estimate of drug-likeness (QED) is 0.380. The fraction of sp³-hybridized carbons (Fsp3) is 0.217. The third-order valence-corrected chi connectivity index (χ3v) is 6.75. The molecule has 0 atom stereocenters. The van der Waals surface area contributed by atoms with Gasteiger partial charge in [-0.2, -0.15) is 0 Å². The number of halogens is 2. The van der Waals surface area contributed by atoms with E-state index < -0.39 is 26.6 Å². The molecule has 184 valence electrons. The highest BCUT2D eigenvalue weighted by atomic mass is 32.2. The summed E-state index contributed by atoms with van der Waals surface area (Å²) in [7, 11) is 0.862. The summed E-state index contributed by atoms with van der Waals surface area (Å²) < 4.78 is 62.4. The summed E-state index contributed by atoms with van der Waals surface area (Å²) in [4.78, 5) is 9.93. The van der Waals surface area contributed by atoms with Crippen molar-refractivity contribution in [2.75, 3.05) is 38.2 Å². The Bertz CT molecular complexity index is 1500. The topological polar surface area (TPSA) is 115 Å². The zero-order chi connectivity index (χ0) is 25.3. The number of benzene rings is 2. The lowest BCUT2D eigenvalue weighted by atomic mass is 10.1. The molecule has 4 rings (SSSR count). The van der Waals surface area contributed by atoms with Gasteiger partial charge in [-0.3, -0.25) is 4.72 Å². The van der Waals surface area contributed by atoms with Crippen LogP contribution in [-0.4, -0.2) is 55.6 Å². The number of imidazole rings is 1. The third kappa shape index (κ3) is 5.03. The van der Waals surface area contributed by atoms with Crippen LogP contribution in [0.25, 0.3) is 22.2 Å². The molecule has 0 radical (unpaired) electrons. The molecule has 12 heteroatoms. The summed E-state index contributed by atoms with van der Waals surface area (Å²) in [5.74, 6) is -1.72. The van der Waals surface area contributed by atoms with Crippen molar-refractivity contribution >= 4 is 32.7 Å². The number of anilines is 2. The minimum atomic E-state index is -4.39. The molecular weight excluding hydrogens is 478 g/mol. The fourth-order valence-electron chi connectivity index (χ4n) is 3.59. The molecule has 3 N–H and O–H groups in total. The minimum absolute atomic E-state index is 0.00514. The number of sulfonamides is 1. The zero-order valence-electron chi connectivity index (χ0n) is 19.3. The van der Waals surface area contributed by atoms with Crippen molar-refractivity contribution in [1.82, 2.24) is 19.4 Å². The molecule has 0 spiro atoms. The average Bonchev–Trinajstić information content (AvgIpc) is 3.11. The van der Waals surface area contributed by atoms with Gasteiger partial charge in [-0.25, -0.2) is 27.2 Å². The summed E-state index contributed by atoms with van der Waals surface area (Å²) >= 11 is 0.